The molecule has 0 aliphatic rings. The molecule has 0 saturated heterocycles. The lowest BCUT2D eigenvalue weighted by molar-refractivity contribution is -0.274. The molecule has 0 aliphatic heterocycles. The minimum absolute atomic E-state index is 0.246. The fourth-order valence-corrected chi connectivity index (χ4v) is 1.21. The Morgan fingerprint density at radius 3 is 2.44 bits per heavy atom. The van der Waals surface area contributed by atoms with E-state index in [1.54, 1.807) is 13.0 Å². The summed E-state index contributed by atoms with van der Waals surface area (Å²) in [6.45, 7) is 1.96. The third-order valence-corrected chi connectivity index (χ3v) is 1.94. The minimum atomic E-state index is -4.69. The van der Waals surface area contributed by atoms with Crippen LogP contribution >= 0.6 is 0 Å². The molecule has 98 valence electrons. The van der Waals surface area contributed by atoms with Crippen LogP contribution in [0.5, 0.6) is 5.75 Å². The van der Waals surface area contributed by atoms with E-state index in [1.807, 2.05) is 0 Å². The number of amides is 1. The quantitative estimate of drug-likeness (QED) is 0.844. The summed E-state index contributed by atoms with van der Waals surface area (Å²) >= 11 is 0. The molecule has 1 amide bonds. The highest BCUT2D eigenvalue weighted by Gasteiger charge is 2.30. The summed E-state index contributed by atoms with van der Waals surface area (Å²) < 4.78 is 39.4. The molecule has 3 nitrogen and oxygen atoms in total. The number of alkyl halides is 3. The highest BCUT2D eigenvalue weighted by Crippen LogP contribution is 2.22. The highest BCUT2D eigenvalue weighted by molar-refractivity contribution is 5.87. The van der Waals surface area contributed by atoms with Gasteiger partial charge in [0.15, 0.2) is 0 Å². The molecule has 1 aromatic rings. The maximum atomic E-state index is 11.9. The molecule has 6 heteroatoms. The number of benzene rings is 1. The van der Waals surface area contributed by atoms with Crippen molar-refractivity contribution in [1.82, 2.24) is 5.32 Å². The van der Waals surface area contributed by atoms with Crippen molar-refractivity contribution < 1.29 is 22.7 Å². The van der Waals surface area contributed by atoms with Crippen LogP contribution in [-0.2, 0) is 11.3 Å². The van der Waals surface area contributed by atoms with Crippen LogP contribution in [0.2, 0.25) is 0 Å². The predicted octanol–water partition coefficient (Wildman–Crippen LogP) is 2.78. The first kappa shape index (κ1) is 14.1. The second-order valence-corrected chi connectivity index (χ2v) is 3.41. The second-order valence-electron chi connectivity index (χ2n) is 3.41. The predicted molar refractivity (Wildman–Crippen MR) is 59.8 cm³/mol. The SMILES string of the molecule is CC=CC(=O)NCc1ccc(OC(F)(F)F)cc1. The van der Waals surface area contributed by atoms with Crippen molar-refractivity contribution in [2.24, 2.45) is 0 Å². The molecule has 0 aromatic heterocycles. The lowest BCUT2D eigenvalue weighted by Gasteiger charge is -2.09. The molecule has 1 aromatic carbocycles. The molecule has 18 heavy (non-hydrogen) atoms. The first-order valence-corrected chi connectivity index (χ1v) is 5.16. The third-order valence-electron chi connectivity index (χ3n) is 1.94. The number of allylic oxidation sites excluding steroid dienone is 1. The van der Waals surface area contributed by atoms with Gasteiger partial charge in [-0.15, -0.1) is 13.2 Å². The van der Waals surface area contributed by atoms with Crippen LogP contribution in [0.1, 0.15) is 12.5 Å². The van der Waals surface area contributed by atoms with Gasteiger partial charge >= 0.3 is 6.36 Å². The van der Waals surface area contributed by atoms with E-state index in [0.29, 0.717) is 5.56 Å². The van der Waals surface area contributed by atoms with Crippen LogP contribution in [0.15, 0.2) is 36.4 Å². The Hall–Kier alpha value is -1.98. The lowest BCUT2D eigenvalue weighted by Crippen LogP contribution is -2.20. The summed E-state index contributed by atoms with van der Waals surface area (Å²) in [5.74, 6) is -0.542. The Labute approximate surface area is 102 Å². The van der Waals surface area contributed by atoms with E-state index >= 15 is 0 Å². The molecule has 0 radical (unpaired) electrons. The highest BCUT2D eigenvalue weighted by atomic mass is 19.4. The van der Waals surface area contributed by atoms with Gasteiger partial charge in [0, 0.05) is 6.54 Å². The van der Waals surface area contributed by atoms with Crippen LogP contribution in [0.25, 0.3) is 0 Å². The number of halogens is 3. The van der Waals surface area contributed by atoms with Gasteiger partial charge in [-0.05, 0) is 30.7 Å². The normalized spacial score (nSPS) is 11.6. The van der Waals surface area contributed by atoms with E-state index in [4.69, 9.17) is 0 Å². The van der Waals surface area contributed by atoms with E-state index in [9.17, 15) is 18.0 Å². The van der Waals surface area contributed by atoms with Gasteiger partial charge in [0.25, 0.3) is 0 Å². The molecule has 0 aliphatic carbocycles. The molecule has 0 atom stereocenters. The fourth-order valence-electron chi connectivity index (χ4n) is 1.21. The second kappa shape index (κ2) is 6.09. The Bertz CT molecular complexity index is 424. The van der Waals surface area contributed by atoms with Crippen LogP contribution < -0.4 is 10.1 Å². The Kier molecular flexibility index (Phi) is 4.76. The van der Waals surface area contributed by atoms with E-state index in [-0.39, 0.29) is 18.2 Å². The van der Waals surface area contributed by atoms with Crippen LogP contribution in [0.3, 0.4) is 0 Å². The molecular formula is C12H12F3NO2. The van der Waals surface area contributed by atoms with Crippen LogP contribution in [0.4, 0.5) is 13.2 Å². The summed E-state index contributed by atoms with van der Waals surface area (Å²) in [6.07, 6.45) is -1.74. The maximum absolute atomic E-state index is 11.9. The molecule has 0 heterocycles. The zero-order chi connectivity index (χ0) is 13.6. The van der Waals surface area contributed by atoms with E-state index < -0.39 is 6.36 Å². The molecular weight excluding hydrogens is 247 g/mol. The van der Waals surface area contributed by atoms with Crippen molar-refractivity contribution >= 4 is 5.91 Å². The Morgan fingerprint density at radius 1 is 1.33 bits per heavy atom. The number of nitrogens with one attached hydrogen (secondary N) is 1. The van der Waals surface area contributed by atoms with Crippen molar-refractivity contribution in [2.75, 3.05) is 0 Å². The van der Waals surface area contributed by atoms with Crippen molar-refractivity contribution in [2.45, 2.75) is 19.8 Å². The van der Waals surface area contributed by atoms with E-state index in [0.717, 1.165) is 0 Å². The van der Waals surface area contributed by atoms with Crippen LogP contribution in [0, 0.1) is 0 Å². The molecule has 1 N–H and O–H groups in total. The summed E-state index contributed by atoms with van der Waals surface area (Å²) in [6, 6.07) is 5.31. The van der Waals surface area contributed by atoms with Gasteiger partial charge in [-0.3, -0.25) is 4.79 Å². The largest absolute Gasteiger partial charge is 0.573 e. The smallest absolute Gasteiger partial charge is 0.406 e. The molecule has 0 spiro atoms. The van der Waals surface area contributed by atoms with Crippen molar-refractivity contribution in [3.63, 3.8) is 0 Å². The average Bonchev–Trinajstić information content (AvgIpc) is 2.26. The maximum Gasteiger partial charge on any atom is 0.573 e. The zero-order valence-electron chi connectivity index (χ0n) is 9.62. The minimum Gasteiger partial charge on any atom is -0.406 e. The van der Waals surface area contributed by atoms with E-state index in [1.165, 1.54) is 30.3 Å². The van der Waals surface area contributed by atoms with Crippen molar-refractivity contribution in [3.05, 3.63) is 42.0 Å². The van der Waals surface area contributed by atoms with Gasteiger partial charge in [-0.2, -0.15) is 0 Å². The number of hydrogen-bond donors (Lipinski definition) is 1. The summed E-state index contributed by atoms with van der Waals surface area (Å²) in [5, 5.41) is 2.58. The fraction of sp³-hybridized carbons (Fsp3) is 0.250. The van der Waals surface area contributed by atoms with Gasteiger partial charge in [-0.1, -0.05) is 18.2 Å². The Morgan fingerprint density at radius 2 is 1.94 bits per heavy atom. The van der Waals surface area contributed by atoms with Gasteiger partial charge < -0.3 is 10.1 Å². The number of ether oxygens (including phenoxy) is 1. The lowest BCUT2D eigenvalue weighted by atomic mass is 10.2. The number of carbonyl (C=O) groups excluding carboxylic acids is 1. The van der Waals surface area contributed by atoms with Crippen molar-refractivity contribution in [1.29, 1.82) is 0 Å². The molecule has 0 bridgehead atoms. The first-order valence-electron chi connectivity index (χ1n) is 5.16. The first-order chi connectivity index (χ1) is 8.40. The van der Waals surface area contributed by atoms with Crippen molar-refractivity contribution in [3.8, 4) is 5.75 Å². The summed E-state index contributed by atoms with van der Waals surface area (Å²) in [5.41, 5.74) is 0.683. The standard InChI is InChI=1S/C12H12F3NO2/c1-2-3-11(17)16-8-9-4-6-10(7-5-9)18-12(13,14)15/h2-7H,8H2,1H3,(H,16,17). The average molecular weight is 259 g/mol. The number of hydrogen-bond acceptors (Lipinski definition) is 2. The van der Waals surface area contributed by atoms with Gasteiger partial charge in [0.1, 0.15) is 5.75 Å². The van der Waals surface area contributed by atoms with Crippen LogP contribution in [-0.4, -0.2) is 12.3 Å². The van der Waals surface area contributed by atoms with Gasteiger partial charge in [0.05, 0.1) is 0 Å². The van der Waals surface area contributed by atoms with Gasteiger partial charge in [0.2, 0.25) is 5.91 Å². The topological polar surface area (TPSA) is 38.3 Å². The number of rotatable bonds is 4. The van der Waals surface area contributed by atoms with Gasteiger partial charge in [-0.25, -0.2) is 0 Å². The van der Waals surface area contributed by atoms with E-state index in [2.05, 4.69) is 10.1 Å². The third kappa shape index (κ3) is 5.38. The zero-order valence-corrected chi connectivity index (χ0v) is 9.62. The molecule has 0 unspecified atom stereocenters. The molecule has 0 fully saturated rings. The molecule has 1 rings (SSSR count). The summed E-state index contributed by atoms with van der Waals surface area (Å²) in [7, 11) is 0. The molecule has 0 saturated carbocycles. The Balaban J connectivity index is 2.53. The summed E-state index contributed by atoms with van der Waals surface area (Å²) in [4.78, 5) is 11.1. The monoisotopic (exact) mass is 259 g/mol. The number of carbonyl (C=O) groups is 1.